The Kier molecular flexibility index (Phi) is 5.05. The number of ether oxygens (including phenoxy) is 1. The van der Waals surface area contributed by atoms with Crippen molar-refractivity contribution in [1.82, 2.24) is 14.8 Å². The second-order valence-electron chi connectivity index (χ2n) is 8.40. The molecule has 0 aliphatic carbocycles. The highest BCUT2D eigenvalue weighted by Gasteiger charge is 2.43. The fraction of sp³-hybridized carbons (Fsp3) is 0.375. The second kappa shape index (κ2) is 7.85. The largest absolute Gasteiger partial charge is 0.378 e. The van der Waals surface area contributed by atoms with Gasteiger partial charge in [0, 0.05) is 54.4 Å². The Balaban J connectivity index is 1.28. The number of rotatable bonds is 3. The van der Waals surface area contributed by atoms with Crippen LogP contribution in [0.15, 0.2) is 54.7 Å². The van der Waals surface area contributed by atoms with E-state index in [0.29, 0.717) is 26.3 Å². The fourth-order valence-corrected chi connectivity index (χ4v) is 4.78. The van der Waals surface area contributed by atoms with Crippen molar-refractivity contribution in [2.75, 3.05) is 32.8 Å². The fourth-order valence-electron chi connectivity index (χ4n) is 4.78. The molecule has 2 aromatic carbocycles. The molecule has 0 radical (unpaired) electrons. The Labute approximate surface area is 175 Å². The number of hydrogen-bond acceptors (Lipinski definition) is 3. The average molecular weight is 407 g/mol. The van der Waals surface area contributed by atoms with Gasteiger partial charge in [0.1, 0.15) is 5.82 Å². The number of amides is 1. The molecule has 3 aromatic rings. The van der Waals surface area contributed by atoms with E-state index in [1.54, 1.807) is 0 Å². The zero-order valence-electron chi connectivity index (χ0n) is 16.9. The van der Waals surface area contributed by atoms with E-state index in [2.05, 4.69) is 9.88 Å². The molecule has 2 aliphatic heterocycles. The zero-order chi connectivity index (χ0) is 20.6. The predicted octanol–water partition coefficient (Wildman–Crippen LogP) is 3.81. The molecule has 0 unspecified atom stereocenters. The standard InChI is InChI=1S/C24H26FN3O2/c25-21-4-1-18(2-5-21)16-28-13-14-30-17-24(28)8-11-27(12-9-24)23(29)20-3-6-22-19(15-20)7-10-26-22/h1-7,10,15,26H,8-9,11-14,16-17H2. The van der Waals surface area contributed by atoms with Crippen molar-refractivity contribution in [2.24, 2.45) is 0 Å². The number of halogens is 1. The third-order valence-corrected chi connectivity index (χ3v) is 6.62. The first-order chi connectivity index (χ1) is 14.6. The molecule has 30 heavy (non-hydrogen) atoms. The van der Waals surface area contributed by atoms with E-state index in [4.69, 9.17) is 4.74 Å². The van der Waals surface area contributed by atoms with Gasteiger partial charge in [-0.15, -0.1) is 0 Å². The number of benzene rings is 2. The average Bonchev–Trinajstić information content (AvgIpc) is 3.25. The summed E-state index contributed by atoms with van der Waals surface area (Å²) in [6.07, 6.45) is 3.65. The van der Waals surface area contributed by atoms with Crippen molar-refractivity contribution in [2.45, 2.75) is 24.9 Å². The van der Waals surface area contributed by atoms with Gasteiger partial charge in [-0.05, 0) is 54.8 Å². The number of carbonyl (C=O) groups is 1. The van der Waals surface area contributed by atoms with Crippen molar-refractivity contribution in [1.29, 1.82) is 0 Å². The number of piperidine rings is 1. The highest BCUT2D eigenvalue weighted by Crippen LogP contribution is 2.33. The smallest absolute Gasteiger partial charge is 0.253 e. The Morgan fingerprint density at radius 2 is 1.87 bits per heavy atom. The van der Waals surface area contributed by atoms with Crippen LogP contribution in [0.1, 0.15) is 28.8 Å². The summed E-state index contributed by atoms with van der Waals surface area (Å²) in [5, 5.41) is 1.06. The minimum atomic E-state index is -0.208. The van der Waals surface area contributed by atoms with Crippen LogP contribution in [-0.2, 0) is 11.3 Å². The molecule has 1 N–H and O–H groups in total. The third kappa shape index (κ3) is 3.61. The minimum absolute atomic E-state index is 0.0615. The van der Waals surface area contributed by atoms with E-state index in [-0.39, 0.29) is 17.3 Å². The molecule has 1 amide bonds. The number of hydrogen-bond donors (Lipinski definition) is 1. The van der Waals surface area contributed by atoms with Crippen LogP contribution in [0.25, 0.3) is 10.9 Å². The monoisotopic (exact) mass is 407 g/mol. The van der Waals surface area contributed by atoms with Crippen molar-refractivity contribution >= 4 is 16.8 Å². The molecule has 2 fully saturated rings. The van der Waals surface area contributed by atoms with Crippen molar-refractivity contribution in [3.05, 3.63) is 71.7 Å². The van der Waals surface area contributed by atoms with E-state index < -0.39 is 0 Å². The van der Waals surface area contributed by atoms with Crippen LogP contribution in [0, 0.1) is 5.82 Å². The Bertz CT molecular complexity index is 1040. The maximum atomic E-state index is 13.3. The summed E-state index contributed by atoms with van der Waals surface area (Å²) in [5.41, 5.74) is 2.82. The first-order valence-corrected chi connectivity index (χ1v) is 10.6. The lowest BCUT2D eigenvalue weighted by molar-refractivity contribution is -0.0958. The summed E-state index contributed by atoms with van der Waals surface area (Å²) in [5.74, 6) is -0.116. The molecule has 1 spiro atoms. The first-order valence-electron chi connectivity index (χ1n) is 10.6. The Morgan fingerprint density at radius 1 is 1.07 bits per heavy atom. The molecule has 5 nitrogen and oxygen atoms in total. The van der Waals surface area contributed by atoms with Gasteiger partial charge in [-0.25, -0.2) is 4.39 Å². The normalized spacial score (nSPS) is 19.4. The van der Waals surface area contributed by atoms with Crippen LogP contribution >= 0.6 is 0 Å². The molecule has 156 valence electrons. The van der Waals surface area contributed by atoms with E-state index in [0.717, 1.165) is 48.0 Å². The van der Waals surface area contributed by atoms with Gasteiger partial charge < -0.3 is 14.6 Å². The molecule has 0 bridgehead atoms. The van der Waals surface area contributed by atoms with Crippen molar-refractivity contribution in [3.8, 4) is 0 Å². The highest BCUT2D eigenvalue weighted by atomic mass is 19.1. The molecule has 1 aromatic heterocycles. The first kappa shape index (κ1) is 19.3. The number of likely N-dealkylation sites (tertiary alicyclic amines) is 1. The predicted molar refractivity (Wildman–Crippen MR) is 114 cm³/mol. The number of morpholine rings is 1. The van der Waals surface area contributed by atoms with Crippen LogP contribution in [0.4, 0.5) is 4.39 Å². The van der Waals surface area contributed by atoms with E-state index in [1.165, 1.54) is 12.1 Å². The Hall–Kier alpha value is -2.70. The number of nitrogens with one attached hydrogen (secondary N) is 1. The summed E-state index contributed by atoms with van der Waals surface area (Å²) >= 11 is 0. The van der Waals surface area contributed by atoms with Gasteiger partial charge in [0.2, 0.25) is 0 Å². The number of nitrogens with zero attached hydrogens (tertiary/aromatic N) is 2. The van der Waals surface area contributed by atoms with Gasteiger partial charge in [-0.2, -0.15) is 0 Å². The molecule has 6 heteroatoms. The van der Waals surface area contributed by atoms with Gasteiger partial charge in [-0.1, -0.05) is 12.1 Å². The van der Waals surface area contributed by atoms with Crippen molar-refractivity contribution in [3.63, 3.8) is 0 Å². The third-order valence-electron chi connectivity index (χ3n) is 6.62. The van der Waals surface area contributed by atoms with Crippen LogP contribution < -0.4 is 0 Å². The lowest BCUT2D eigenvalue weighted by atomic mass is 9.84. The lowest BCUT2D eigenvalue weighted by Gasteiger charge is -2.51. The Morgan fingerprint density at radius 3 is 2.67 bits per heavy atom. The molecule has 0 saturated carbocycles. The summed E-state index contributed by atoms with van der Waals surface area (Å²) in [6.45, 7) is 4.46. The summed E-state index contributed by atoms with van der Waals surface area (Å²) in [6, 6.07) is 14.6. The minimum Gasteiger partial charge on any atom is -0.378 e. The van der Waals surface area contributed by atoms with Crippen LogP contribution in [0.2, 0.25) is 0 Å². The highest BCUT2D eigenvalue weighted by molar-refractivity contribution is 5.98. The van der Waals surface area contributed by atoms with Crippen LogP contribution in [0.3, 0.4) is 0 Å². The molecular weight excluding hydrogens is 381 g/mol. The lowest BCUT2D eigenvalue weighted by Crippen LogP contribution is -2.61. The van der Waals surface area contributed by atoms with Crippen LogP contribution in [-0.4, -0.2) is 59.1 Å². The summed E-state index contributed by atoms with van der Waals surface area (Å²) < 4.78 is 19.1. The molecule has 2 aliphatic rings. The number of fused-ring (bicyclic) bond motifs is 1. The molecule has 2 saturated heterocycles. The van der Waals surface area contributed by atoms with Gasteiger partial charge in [0.25, 0.3) is 5.91 Å². The molecular formula is C24H26FN3O2. The van der Waals surface area contributed by atoms with Crippen LogP contribution in [0.5, 0.6) is 0 Å². The molecule has 0 atom stereocenters. The quantitative estimate of drug-likeness (QED) is 0.718. The van der Waals surface area contributed by atoms with E-state index >= 15 is 0 Å². The number of carbonyl (C=O) groups excluding carboxylic acids is 1. The van der Waals surface area contributed by atoms with Gasteiger partial charge in [0.15, 0.2) is 0 Å². The number of aromatic amines is 1. The van der Waals surface area contributed by atoms with Crippen molar-refractivity contribution < 1.29 is 13.9 Å². The second-order valence-corrected chi connectivity index (χ2v) is 8.40. The van der Waals surface area contributed by atoms with E-state index in [9.17, 15) is 9.18 Å². The number of aromatic nitrogens is 1. The summed E-state index contributed by atoms with van der Waals surface area (Å²) in [4.78, 5) is 20.7. The summed E-state index contributed by atoms with van der Waals surface area (Å²) in [7, 11) is 0. The van der Waals surface area contributed by atoms with Gasteiger partial charge in [-0.3, -0.25) is 9.69 Å². The maximum absolute atomic E-state index is 13.3. The SMILES string of the molecule is O=C(c1ccc2[nH]ccc2c1)N1CCC2(CC1)COCCN2Cc1ccc(F)cc1. The zero-order valence-corrected chi connectivity index (χ0v) is 16.9. The van der Waals surface area contributed by atoms with Gasteiger partial charge in [0.05, 0.1) is 13.2 Å². The molecule has 3 heterocycles. The topological polar surface area (TPSA) is 48.6 Å². The van der Waals surface area contributed by atoms with E-state index in [1.807, 2.05) is 47.5 Å². The molecule has 5 rings (SSSR count). The van der Waals surface area contributed by atoms with Gasteiger partial charge >= 0.3 is 0 Å². The maximum Gasteiger partial charge on any atom is 0.253 e. The number of H-pyrrole nitrogens is 1.